The summed E-state index contributed by atoms with van der Waals surface area (Å²) >= 11 is -2.30. The zero-order valence-electron chi connectivity index (χ0n) is 39.0. The first-order chi connectivity index (χ1) is 31.5. The number of rotatable bonds is 10. The minimum Gasteiger partial charge on any atom is -0.872 e. The van der Waals surface area contributed by atoms with Crippen molar-refractivity contribution in [3.63, 3.8) is 0 Å². The predicted molar refractivity (Wildman–Crippen MR) is 258 cm³/mol. The Balaban J connectivity index is 0.000000167. The molecule has 0 bridgehead atoms. The Morgan fingerprint density at radius 2 is 0.591 bits per heavy atom. The molecule has 6 fully saturated rings. The van der Waals surface area contributed by atoms with E-state index in [4.69, 9.17) is 19.3 Å². The first-order valence-corrected chi connectivity index (χ1v) is 38.1. The summed E-state index contributed by atoms with van der Waals surface area (Å²) in [5, 5.41) is 38.7. The molecule has 0 radical (unpaired) electrons. The Kier molecular flexibility index (Phi) is 23.2. The van der Waals surface area contributed by atoms with Crippen molar-refractivity contribution in [1.82, 2.24) is 0 Å². The maximum absolute atomic E-state index is 10.9. The molecule has 8 rings (SSSR count). The van der Waals surface area contributed by atoms with Crippen molar-refractivity contribution < 1.29 is 56.0 Å². The molecule has 12 nitrogen and oxygen atoms in total. The zero-order chi connectivity index (χ0) is 47.7. The molecule has 0 spiro atoms. The molecule has 0 heterocycles. The minimum atomic E-state index is -4.48. The van der Waals surface area contributed by atoms with E-state index in [2.05, 4.69) is 0 Å². The fourth-order valence-corrected chi connectivity index (χ4v) is 43.1. The third kappa shape index (κ3) is 17.4. The molecule has 4 N–H and O–H groups in total. The van der Waals surface area contributed by atoms with Gasteiger partial charge >= 0.3 is 268 Å². The van der Waals surface area contributed by atoms with Gasteiger partial charge in [0.05, 0.1) is 20.9 Å². The van der Waals surface area contributed by atoms with Crippen LogP contribution in [-0.4, -0.2) is 87.6 Å². The van der Waals surface area contributed by atoms with Gasteiger partial charge in [-0.25, -0.2) is 9.59 Å². The SMILES string of the molecule is C1CC[CH]([Sn+]([CH]2CCCCC2)[CH]2CCCCC2)CC1.C1CC[CH]([Sn+]([CH]2CCCCC2)[CH]2CCCCC2)CC1.O=C(O)c1cc(S(=O)(=O)O)ccc1[O-].O=C(O)c1cc(S(=O)(=O)O)ccc1[O-]. The molecule has 16 heteroatoms. The Labute approximate surface area is 409 Å². The summed E-state index contributed by atoms with van der Waals surface area (Å²) in [7, 11) is -8.96. The number of carbonyl (C=O) groups is 2. The molecule has 6 aliphatic rings. The molecule has 0 saturated heterocycles. The van der Waals surface area contributed by atoms with Crippen LogP contribution in [0.3, 0.4) is 0 Å². The molecule has 0 amide bonds. The first-order valence-electron chi connectivity index (χ1n) is 25.3. The molecule has 368 valence electrons. The third-order valence-electron chi connectivity index (χ3n) is 15.4. The van der Waals surface area contributed by atoms with Crippen LogP contribution in [0.1, 0.15) is 213 Å². The van der Waals surface area contributed by atoms with E-state index in [-0.39, 0.29) is 0 Å². The van der Waals surface area contributed by atoms with E-state index in [1.165, 1.54) is 23.6 Å². The summed E-state index contributed by atoms with van der Waals surface area (Å²) in [4.78, 5) is 19.6. The van der Waals surface area contributed by atoms with Gasteiger partial charge in [-0.2, -0.15) is 16.8 Å². The van der Waals surface area contributed by atoms with Crippen molar-refractivity contribution in [1.29, 1.82) is 0 Å². The van der Waals surface area contributed by atoms with Gasteiger partial charge in [-0.3, -0.25) is 9.11 Å². The van der Waals surface area contributed by atoms with Crippen LogP contribution in [0.5, 0.6) is 11.5 Å². The second kappa shape index (κ2) is 27.7. The molecular weight excluding hydrogens is 1090 g/mol. The molecule has 2 aromatic rings. The van der Waals surface area contributed by atoms with Crippen LogP contribution in [0, 0.1) is 0 Å². The van der Waals surface area contributed by atoms with Gasteiger partial charge in [0.1, 0.15) is 0 Å². The van der Waals surface area contributed by atoms with Crippen LogP contribution in [0.25, 0.3) is 0 Å². The van der Waals surface area contributed by atoms with Crippen LogP contribution >= 0.6 is 0 Å². The van der Waals surface area contributed by atoms with Crippen molar-refractivity contribution in [3.8, 4) is 11.5 Å². The number of carboxylic acid groups (broad SMARTS) is 2. The van der Waals surface area contributed by atoms with Crippen LogP contribution < -0.4 is 10.2 Å². The molecule has 6 aliphatic carbocycles. The van der Waals surface area contributed by atoms with Crippen molar-refractivity contribution in [3.05, 3.63) is 47.5 Å². The van der Waals surface area contributed by atoms with Crippen LogP contribution in [0.15, 0.2) is 46.2 Å². The number of benzene rings is 2. The van der Waals surface area contributed by atoms with Crippen LogP contribution in [0.2, 0.25) is 23.6 Å². The van der Waals surface area contributed by atoms with E-state index < -0.39 is 104 Å². The quantitative estimate of drug-likeness (QED) is 0.129. The molecule has 0 atom stereocenters. The second-order valence-corrected chi connectivity index (χ2v) is 42.4. The standard InChI is InChI=1S/2C7H6O6S.6C6H11.2Sn/c2*8-6-2-1-4(14(11,12)13)3-5(6)7(9)10;6*1-2-4-6-5-3-1;;/h2*1-3,8H,(H,9,10)(H,11,12,13);6*1H,2-6H2;;/q;;;;;;;;2*+1/p-2. The Morgan fingerprint density at radius 1 is 0.394 bits per heavy atom. The number of hydrogen-bond acceptors (Lipinski definition) is 8. The molecule has 66 heavy (non-hydrogen) atoms. The Morgan fingerprint density at radius 3 is 0.758 bits per heavy atom. The van der Waals surface area contributed by atoms with E-state index >= 15 is 0 Å². The first kappa shape index (κ1) is 55.3. The fraction of sp³-hybridized carbons (Fsp3) is 0.720. The third-order valence-corrected chi connectivity index (χ3v) is 43.1. The fourth-order valence-electron chi connectivity index (χ4n) is 12.3. The maximum Gasteiger partial charge on any atom is 0.335 e. The average molecular weight is 1170 g/mol. The minimum absolute atomic E-state index is 0.611. The van der Waals surface area contributed by atoms with Crippen LogP contribution in [-0.2, 0) is 20.2 Å². The Hall–Kier alpha value is -1.60. The van der Waals surface area contributed by atoms with Gasteiger partial charge < -0.3 is 20.4 Å². The van der Waals surface area contributed by atoms with Gasteiger partial charge in [-0.05, 0) is 24.3 Å². The van der Waals surface area contributed by atoms with Gasteiger partial charge in [-0.15, -0.1) is 0 Å². The van der Waals surface area contributed by atoms with E-state index in [1.54, 1.807) is 193 Å². The summed E-state index contributed by atoms with van der Waals surface area (Å²) in [6, 6.07) is 4.44. The zero-order valence-corrected chi connectivity index (χ0v) is 46.4. The molecule has 0 aliphatic heterocycles. The average Bonchev–Trinajstić information content (AvgIpc) is 3.31. The number of hydrogen-bond donors (Lipinski definition) is 4. The molecule has 0 unspecified atom stereocenters. The van der Waals surface area contributed by atoms with Gasteiger partial charge in [0.25, 0.3) is 20.2 Å². The van der Waals surface area contributed by atoms with Gasteiger partial charge in [0, 0.05) is 0 Å². The predicted octanol–water partition coefficient (Wildman–Crippen LogP) is 12.4. The van der Waals surface area contributed by atoms with Gasteiger partial charge in [-0.1, -0.05) is 23.6 Å². The number of aromatic carboxylic acids is 2. The number of carboxylic acids is 2. The Bertz CT molecular complexity index is 1800. The maximum atomic E-state index is 10.9. The summed E-state index contributed by atoms with van der Waals surface area (Å²) in [5.41, 5.74) is -1.39. The summed E-state index contributed by atoms with van der Waals surface area (Å²) in [6.07, 6.45) is 48.5. The molecule has 0 aromatic heterocycles. The van der Waals surface area contributed by atoms with E-state index in [1.807, 2.05) is 0 Å². The molecule has 2 aromatic carbocycles. The smallest absolute Gasteiger partial charge is 0.335 e. The second-order valence-electron chi connectivity index (χ2n) is 19.9. The topological polar surface area (TPSA) is 229 Å². The largest absolute Gasteiger partial charge is 0.872 e. The summed E-state index contributed by atoms with van der Waals surface area (Å²) in [5.74, 6) is -4.71. The van der Waals surface area contributed by atoms with Crippen molar-refractivity contribution in [2.75, 3.05) is 0 Å². The normalized spacial score (nSPS) is 21.1. The molecule has 6 saturated carbocycles. The van der Waals surface area contributed by atoms with Crippen molar-refractivity contribution >= 4 is 71.7 Å². The van der Waals surface area contributed by atoms with Gasteiger partial charge in [0.2, 0.25) is 0 Å². The van der Waals surface area contributed by atoms with E-state index in [9.17, 15) is 36.6 Å². The van der Waals surface area contributed by atoms with Crippen LogP contribution in [0.4, 0.5) is 0 Å². The van der Waals surface area contributed by atoms with Crippen molar-refractivity contribution in [2.45, 2.75) is 226 Å². The monoisotopic (exact) mass is 1170 g/mol. The molecular formula is C50H76O12S2Sn2. The van der Waals surface area contributed by atoms with E-state index in [0.29, 0.717) is 12.1 Å². The summed E-state index contributed by atoms with van der Waals surface area (Å²) in [6.45, 7) is 0. The van der Waals surface area contributed by atoms with E-state index in [0.717, 1.165) is 24.3 Å². The van der Waals surface area contributed by atoms with Crippen molar-refractivity contribution in [2.24, 2.45) is 0 Å². The summed E-state index contributed by atoms with van der Waals surface area (Å²) < 4.78 is 67.4. The van der Waals surface area contributed by atoms with Gasteiger partial charge in [0.15, 0.2) is 0 Å².